The number of aromatic nitrogens is 1. The molecule has 0 aliphatic rings. The Morgan fingerprint density at radius 3 is 2.71 bits per heavy atom. The summed E-state index contributed by atoms with van der Waals surface area (Å²) in [4.78, 5) is 16.4. The van der Waals surface area contributed by atoms with Gasteiger partial charge in [0.2, 0.25) is 5.91 Å². The van der Waals surface area contributed by atoms with E-state index in [1.54, 1.807) is 12.4 Å². The predicted molar refractivity (Wildman–Crippen MR) is 73.7 cm³/mol. The summed E-state index contributed by atoms with van der Waals surface area (Å²) in [6, 6.07) is 4.09. The van der Waals surface area contributed by atoms with Gasteiger partial charge in [-0.05, 0) is 26.1 Å². The molecule has 0 aliphatic carbocycles. The van der Waals surface area contributed by atoms with Crippen LogP contribution in [0.5, 0.6) is 0 Å². The molecule has 1 unspecified atom stereocenters. The van der Waals surface area contributed by atoms with Crippen molar-refractivity contribution in [1.82, 2.24) is 15.6 Å². The number of carbonyl (C=O) groups excluding carboxylic acids is 1. The zero-order valence-electron chi connectivity index (χ0n) is 9.97. The third kappa shape index (κ3) is 7.20. The molecule has 96 valence electrons. The number of pyridine rings is 1. The third-order valence-corrected chi connectivity index (χ3v) is 3.13. The van der Waals surface area contributed by atoms with Gasteiger partial charge in [0, 0.05) is 29.9 Å². The second-order valence-electron chi connectivity index (χ2n) is 3.47. The van der Waals surface area contributed by atoms with Crippen LogP contribution in [-0.2, 0) is 4.79 Å². The van der Waals surface area contributed by atoms with Gasteiger partial charge in [-0.25, -0.2) is 0 Å². The number of halogens is 1. The lowest BCUT2D eigenvalue weighted by Gasteiger charge is -2.11. The molecule has 0 fully saturated rings. The number of nitrogens with zero attached hydrogens (tertiary/aromatic N) is 1. The highest BCUT2D eigenvalue weighted by molar-refractivity contribution is 8.00. The molecule has 0 bridgehead atoms. The first kappa shape index (κ1) is 16.2. The molecule has 0 saturated carbocycles. The minimum atomic E-state index is 0. The fourth-order valence-corrected chi connectivity index (χ4v) is 1.72. The van der Waals surface area contributed by atoms with Crippen molar-refractivity contribution in [3.05, 3.63) is 24.5 Å². The Morgan fingerprint density at radius 2 is 2.12 bits per heavy atom. The molecule has 0 aromatic carbocycles. The average molecular weight is 276 g/mol. The normalized spacial score (nSPS) is 11.4. The zero-order chi connectivity index (χ0) is 11.8. The molecule has 0 saturated heterocycles. The monoisotopic (exact) mass is 275 g/mol. The number of hydrogen-bond donors (Lipinski definition) is 2. The molecule has 6 heteroatoms. The Kier molecular flexibility index (Phi) is 8.85. The number of thioether (sulfide) groups is 1. The highest BCUT2D eigenvalue weighted by Crippen LogP contribution is 2.15. The van der Waals surface area contributed by atoms with Gasteiger partial charge >= 0.3 is 0 Å². The lowest BCUT2D eigenvalue weighted by atomic mass is 10.3. The number of likely N-dealkylation sites (N-methyl/N-ethyl adjacent to an activating group) is 1. The molecule has 17 heavy (non-hydrogen) atoms. The Bertz CT molecular complexity index is 324. The molecule has 1 rings (SSSR count). The Hall–Kier alpha value is -0.780. The van der Waals surface area contributed by atoms with E-state index in [4.69, 9.17) is 0 Å². The maximum Gasteiger partial charge on any atom is 0.230 e. The van der Waals surface area contributed by atoms with E-state index in [-0.39, 0.29) is 18.3 Å². The molecule has 1 aromatic heterocycles. The summed E-state index contributed by atoms with van der Waals surface area (Å²) in [5.74, 6) is 0.504. The minimum absolute atomic E-state index is 0. The number of hydrogen-bond acceptors (Lipinski definition) is 4. The number of nitrogens with one attached hydrogen (secondary N) is 2. The van der Waals surface area contributed by atoms with Crippen molar-refractivity contribution >= 4 is 30.1 Å². The van der Waals surface area contributed by atoms with Crippen LogP contribution in [0.3, 0.4) is 0 Å². The van der Waals surface area contributed by atoms with E-state index < -0.39 is 0 Å². The van der Waals surface area contributed by atoms with Gasteiger partial charge in [0.15, 0.2) is 0 Å². The van der Waals surface area contributed by atoms with Crippen LogP contribution in [0.15, 0.2) is 29.4 Å². The van der Waals surface area contributed by atoms with E-state index >= 15 is 0 Å². The summed E-state index contributed by atoms with van der Waals surface area (Å²) in [6.07, 6.45) is 3.45. The van der Waals surface area contributed by atoms with Gasteiger partial charge in [-0.1, -0.05) is 0 Å². The van der Waals surface area contributed by atoms with Gasteiger partial charge in [0.25, 0.3) is 0 Å². The molecule has 0 aliphatic heterocycles. The lowest BCUT2D eigenvalue weighted by Crippen LogP contribution is -2.37. The Morgan fingerprint density at radius 1 is 1.47 bits per heavy atom. The fraction of sp³-hybridized carbons (Fsp3) is 0.455. The summed E-state index contributed by atoms with van der Waals surface area (Å²) < 4.78 is 0. The standard InChI is InChI=1S/C11H17N3OS.ClH/c1-9(12-2)7-14-11(15)8-16-10-3-5-13-6-4-10;/h3-6,9,12H,7-8H2,1-2H3,(H,14,15);1H. The van der Waals surface area contributed by atoms with Crippen LogP contribution in [0.2, 0.25) is 0 Å². The second kappa shape index (κ2) is 9.27. The topological polar surface area (TPSA) is 54.0 Å². The smallest absolute Gasteiger partial charge is 0.230 e. The molecule has 1 aromatic rings. The van der Waals surface area contributed by atoms with Crippen LogP contribution in [0.1, 0.15) is 6.92 Å². The van der Waals surface area contributed by atoms with Crippen LogP contribution >= 0.6 is 24.2 Å². The summed E-state index contributed by atoms with van der Waals surface area (Å²) in [5, 5.41) is 5.93. The van der Waals surface area contributed by atoms with Crippen LogP contribution < -0.4 is 10.6 Å². The van der Waals surface area contributed by atoms with Gasteiger partial charge < -0.3 is 10.6 Å². The van der Waals surface area contributed by atoms with Crippen molar-refractivity contribution in [2.75, 3.05) is 19.3 Å². The van der Waals surface area contributed by atoms with Crippen molar-refractivity contribution in [3.8, 4) is 0 Å². The molecule has 0 spiro atoms. The SMILES string of the molecule is CNC(C)CNC(=O)CSc1ccncc1.Cl. The zero-order valence-corrected chi connectivity index (χ0v) is 11.6. The van der Waals surface area contributed by atoms with Crippen LogP contribution in [-0.4, -0.2) is 36.3 Å². The molecule has 2 N–H and O–H groups in total. The largest absolute Gasteiger partial charge is 0.354 e. The number of amides is 1. The van der Waals surface area contributed by atoms with Crippen LogP contribution in [0.4, 0.5) is 0 Å². The van der Waals surface area contributed by atoms with E-state index in [1.165, 1.54) is 11.8 Å². The Balaban J connectivity index is 0.00000256. The van der Waals surface area contributed by atoms with Crippen molar-refractivity contribution in [2.45, 2.75) is 17.9 Å². The van der Waals surface area contributed by atoms with Crippen molar-refractivity contribution in [1.29, 1.82) is 0 Å². The molecule has 1 atom stereocenters. The van der Waals surface area contributed by atoms with Crippen LogP contribution in [0.25, 0.3) is 0 Å². The summed E-state index contributed by atoms with van der Waals surface area (Å²) >= 11 is 1.52. The highest BCUT2D eigenvalue weighted by atomic mass is 35.5. The quantitative estimate of drug-likeness (QED) is 0.769. The fourth-order valence-electron chi connectivity index (χ4n) is 1.00. The number of carbonyl (C=O) groups is 1. The average Bonchev–Trinajstić information content (AvgIpc) is 2.34. The summed E-state index contributed by atoms with van der Waals surface area (Å²) in [7, 11) is 1.88. The van der Waals surface area contributed by atoms with Crippen molar-refractivity contribution in [2.24, 2.45) is 0 Å². The molecular weight excluding hydrogens is 258 g/mol. The highest BCUT2D eigenvalue weighted by Gasteiger charge is 2.04. The van der Waals surface area contributed by atoms with Crippen molar-refractivity contribution in [3.63, 3.8) is 0 Å². The maximum absolute atomic E-state index is 11.5. The molecule has 1 heterocycles. The van der Waals surface area contributed by atoms with E-state index in [1.807, 2.05) is 26.1 Å². The molecule has 1 amide bonds. The third-order valence-electron chi connectivity index (χ3n) is 2.12. The van der Waals surface area contributed by atoms with Gasteiger partial charge in [0.05, 0.1) is 5.75 Å². The van der Waals surface area contributed by atoms with Crippen LogP contribution in [0, 0.1) is 0 Å². The van der Waals surface area contributed by atoms with E-state index in [2.05, 4.69) is 15.6 Å². The van der Waals surface area contributed by atoms with E-state index in [9.17, 15) is 4.79 Å². The molecular formula is C11H18ClN3OS. The minimum Gasteiger partial charge on any atom is -0.354 e. The number of rotatable bonds is 6. The second-order valence-corrected chi connectivity index (χ2v) is 4.51. The van der Waals surface area contributed by atoms with Gasteiger partial charge in [-0.3, -0.25) is 9.78 Å². The Labute approximate surface area is 112 Å². The molecule has 0 radical (unpaired) electrons. The molecule has 4 nitrogen and oxygen atoms in total. The predicted octanol–water partition coefficient (Wildman–Crippen LogP) is 1.32. The first-order valence-electron chi connectivity index (χ1n) is 5.19. The lowest BCUT2D eigenvalue weighted by molar-refractivity contribution is -0.118. The summed E-state index contributed by atoms with van der Waals surface area (Å²) in [5.41, 5.74) is 0. The van der Waals surface area contributed by atoms with Gasteiger partial charge in [-0.2, -0.15) is 0 Å². The summed E-state index contributed by atoms with van der Waals surface area (Å²) in [6.45, 7) is 2.68. The first-order chi connectivity index (χ1) is 7.72. The van der Waals surface area contributed by atoms with Crippen molar-refractivity contribution < 1.29 is 4.79 Å². The van der Waals surface area contributed by atoms with E-state index in [0.717, 1.165) is 4.90 Å². The first-order valence-corrected chi connectivity index (χ1v) is 6.17. The maximum atomic E-state index is 11.5. The van der Waals surface area contributed by atoms with E-state index in [0.29, 0.717) is 18.3 Å². The van der Waals surface area contributed by atoms with Gasteiger partial charge in [0.1, 0.15) is 0 Å². The van der Waals surface area contributed by atoms with Gasteiger partial charge in [-0.15, -0.1) is 24.2 Å².